The molecule has 0 radical (unpaired) electrons. The zero-order valence-corrected chi connectivity index (χ0v) is 23.5. The number of carboxylic acids is 2. The number of thioether (sulfide) groups is 2. The van der Waals surface area contributed by atoms with Crippen LogP contribution >= 0.6 is 23.5 Å². The number of nitrogens with one attached hydrogen (secondary N) is 2. The molecule has 220 valence electrons. The number of carboxylic acid groups (broad SMARTS) is 2. The van der Waals surface area contributed by atoms with Crippen LogP contribution in [-0.2, 0) is 35.7 Å². The number of sulfonamides is 1. The molecule has 0 saturated carbocycles. The smallest absolute Gasteiger partial charge is 0.352 e. The molecule has 4 rings (SSSR count). The van der Waals surface area contributed by atoms with E-state index in [9.17, 15) is 32.7 Å². The molecule has 2 unspecified atom stereocenters. The van der Waals surface area contributed by atoms with Crippen molar-refractivity contribution in [2.45, 2.75) is 29.2 Å². The lowest BCUT2D eigenvalue weighted by Crippen LogP contribution is -2.71. The third-order valence-corrected chi connectivity index (χ3v) is 9.14. The summed E-state index contributed by atoms with van der Waals surface area (Å²) in [5.41, 5.74) is 7.25. The molecule has 0 spiro atoms. The molecule has 2 aliphatic rings. The fourth-order valence-electron chi connectivity index (χ4n) is 3.98. The minimum absolute atomic E-state index is 0.0876. The third kappa shape index (κ3) is 7.14. The van der Waals surface area contributed by atoms with Gasteiger partial charge in [0.25, 0.3) is 5.91 Å². The summed E-state index contributed by atoms with van der Waals surface area (Å²) in [5.74, 6) is -3.62. The average Bonchev–Trinajstić information content (AvgIpc) is 3.38. The lowest BCUT2D eigenvalue weighted by Gasteiger charge is -2.49. The van der Waals surface area contributed by atoms with Gasteiger partial charge in [0.2, 0.25) is 21.1 Å². The number of carbonyl (C=O) groups is 4. The van der Waals surface area contributed by atoms with Gasteiger partial charge >= 0.3 is 11.9 Å². The summed E-state index contributed by atoms with van der Waals surface area (Å²) in [4.78, 5) is 49.7. The van der Waals surface area contributed by atoms with E-state index in [2.05, 4.69) is 26.2 Å². The van der Waals surface area contributed by atoms with E-state index in [0.717, 1.165) is 16.7 Å². The molecule has 41 heavy (non-hydrogen) atoms. The topological polar surface area (TPSA) is 266 Å². The number of carbonyl (C=O) groups excluding carboxylic acids is 2. The van der Waals surface area contributed by atoms with Gasteiger partial charge in [-0.3, -0.25) is 19.3 Å². The van der Waals surface area contributed by atoms with Gasteiger partial charge in [-0.2, -0.15) is 0 Å². The van der Waals surface area contributed by atoms with Gasteiger partial charge in [-0.1, -0.05) is 23.9 Å². The molecule has 17 nitrogen and oxygen atoms in total. The van der Waals surface area contributed by atoms with Gasteiger partial charge in [-0.25, -0.2) is 23.0 Å². The Hall–Kier alpha value is -3.72. The van der Waals surface area contributed by atoms with Crippen LogP contribution in [0.1, 0.15) is 11.6 Å². The third-order valence-electron chi connectivity index (χ3n) is 6.01. The lowest BCUT2D eigenvalue weighted by molar-refractivity contribution is -0.150. The molecule has 2 amide bonds. The summed E-state index contributed by atoms with van der Waals surface area (Å²) in [6, 6.07) is 4.14. The zero-order chi connectivity index (χ0) is 29.9. The second kappa shape index (κ2) is 12.4. The first-order chi connectivity index (χ1) is 19.4. The maximum absolute atomic E-state index is 13.0. The second-order valence-electron chi connectivity index (χ2n) is 8.84. The second-order valence-corrected chi connectivity index (χ2v) is 12.6. The van der Waals surface area contributed by atoms with Crippen molar-refractivity contribution in [2.24, 2.45) is 10.9 Å². The Morgan fingerprint density at radius 3 is 2.56 bits per heavy atom. The van der Waals surface area contributed by atoms with E-state index in [1.807, 2.05) is 0 Å². The first kappa shape index (κ1) is 30.2. The monoisotopic (exact) mass is 627 g/mol. The highest BCUT2D eigenvalue weighted by Gasteiger charge is 2.54. The molecule has 1 saturated heterocycles. The Morgan fingerprint density at radius 2 is 1.93 bits per heavy atom. The number of aliphatic carboxylic acids is 2. The number of nitrogens with zero attached hydrogens (tertiary/aromatic N) is 5. The Kier molecular flexibility index (Phi) is 9.17. The van der Waals surface area contributed by atoms with Crippen molar-refractivity contribution in [3.8, 4) is 0 Å². The Labute approximate surface area is 241 Å². The average molecular weight is 628 g/mol. The van der Waals surface area contributed by atoms with E-state index in [1.165, 1.54) is 16.4 Å². The van der Waals surface area contributed by atoms with Gasteiger partial charge in [0.15, 0.2) is 0 Å². The highest BCUT2D eigenvalue weighted by atomic mass is 32.2. The van der Waals surface area contributed by atoms with Crippen LogP contribution in [0.4, 0.5) is 5.69 Å². The Balaban J connectivity index is 1.39. The molecule has 1 aromatic carbocycles. The van der Waals surface area contributed by atoms with Crippen LogP contribution in [0.3, 0.4) is 0 Å². The van der Waals surface area contributed by atoms with Crippen LogP contribution in [0.25, 0.3) is 0 Å². The Bertz CT molecular complexity index is 1500. The molecule has 1 aromatic heterocycles. The first-order valence-corrected chi connectivity index (χ1v) is 15.5. The molecule has 1 fully saturated rings. The fourth-order valence-corrected chi connectivity index (χ4v) is 6.80. The van der Waals surface area contributed by atoms with Gasteiger partial charge < -0.3 is 26.6 Å². The molecule has 2 aromatic rings. The van der Waals surface area contributed by atoms with Crippen molar-refractivity contribution < 1.29 is 37.8 Å². The molecular weight excluding hydrogens is 602 g/mol. The molecule has 0 aliphatic carbocycles. The maximum atomic E-state index is 13.0. The van der Waals surface area contributed by atoms with Crippen LogP contribution < -0.4 is 21.5 Å². The van der Waals surface area contributed by atoms with Gasteiger partial charge in [0, 0.05) is 17.2 Å². The minimum Gasteiger partial charge on any atom is -0.480 e. The molecule has 3 atom stereocenters. The van der Waals surface area contributed by atoms with Crippen LogP contribution in [-0.4, -0.2) is 103 Å². The number of primary sulfonamides is 1. The SMILES string of the molecule is NC(C(=O)NC1C(=O)N2C(C(=O)O)=C(CSc3nnnn3CCS(N)(=O)=O)CS[C@H]12)c1ccc(NCC(=O)O)cc1. The van der Waals surface area contributed by atoms with Crippen molar-refractivity contribution in [2.75, 3.05) is 29.1 Å². The number of benzene rings is 1. The van der Waals surface area contributed by atoms with Gasteiger partial charge in [-0.05, 0) is 33.7 Å². The van der Waals surface area contributed by atoms with E-state index in [0.29, 0.717) is 16.8 Å². The lowest BCUT2D eigenvalue weighted by atomic mass is 10.0. The number of fused-ring (bicyclic) bond motifs is 1. The molecular formula is C21H25N9O8S3. The van der Waals surface area contributed by atoms with Crippen LogP contribution in [0.15, 0.2) is 40.7 Å². The Morgan fingerprint density at radius 1 is 1.22 bits per heavy atom. The van der Waals surface area contributed by atoms with Crippen molar-refractivity contribution in [3.63, 3.8) is 0 Å². The van der Waals surface area contributed by atoms with Gasteiger partial charge in [-0.15, -0.1) is 16.9 Å². The number of amides is 2. The summed E-state index contributed by atoms with van der Waals surface area (Å²) < 4.78 is 23.7. The number of aryl methyl sites for hydroxylation is 1. The van der Waals surface area contributed by atoms with E-state index < -0.39 is 51.2 Å². The number of tetrazole rings is 1. The van der Waals surface area contributed by atoms with E-state index in [1.54, 1.807) is 24.3 Å². The largest absolute Gasteiger partial charge is 0.480 e. The summed E-state index contributed by atoms with van der Waals surface area (Å²) >= 11 is 2.35. The van der Waals surface area contributed by atoms with Crippen molar-refractivity contribution in [3.05, 3.63) is 41.1 Å². The predicted octanol–water partition coefficient (Wildman–Crippen LogP) is -2.01. The summed E-state index contributed by atoms with van der Waals surface area (Å²) in [5, 5.41) is 39.6. The number of rotatable bonds is 13. The summed E-state index contributed by atoms with van der Waals surface area (Å²) in [6.45, 7) is -0.367. The number of aromatic nitrogens is 4. The van der Waals surface area contributed by atoms with Crippen LogP contribution in [0, 0.1) is 0 Å². The summed E-state index contributed by atoms with van der Waals surface area (Å²) in [7, 11) is -3.74. The first-order valence-electron chi connectivity index (χ1n) is 11.8. The molecule has 8 N–H and O–H groups in total. The number of nitrogens with two attached hydrogens (primary N) is 2. The number of hydrogen-bond donors (Lipinski definition) is 6. The normalized spacial score (nSPS) is 19.3. The highest BCUT2D eigenvalue weighted by molar-refractivity contribution is 8.01. The standard InChI is InChI=1S/C21H25N9O8S3/c22-14(10-1-3-12(4-2-10)24-7-13(31)32)17(33)25-15-18(34)30-16(20(35)36)11(8-39-19(15)30)9-40-21-26-27-28-29(21)5-6-41(23,37)38/h1-4,14-15,19,24H,5-9,22H2,(H,25,33)(H,31,32)(H,35,36)(H2,23,37,38)/t14?,15?,19-/m1/s1. The predicted molar refractivity (Wildman–Crippen MR) is 146 cm³/mol. The van der Waals surface area contributed by atoms with E-state index in [4.69, 9.17) is 16.0 Å². The molecule has 0 bridgehead atoms. The fraction of sp³-hybridized carbons (Fsp3) is 0.381. The van der Waals surface area contributed by atoms with Crippen molar-refractivity contribution >= 4 is 63.0 Å². The minimum atomic E-state index is -3.74. The molecule has 3 heterocycles. The van der Waals surface area contributed by atoms with Crippen LogP contribution in [0.5, 0.6) is 0 Å². The number of anilines is 1. The maximum Gasteiger partial charge on any atom is 0.352 e. The van der Waals surface area contributed by atoms with Crippen LogP contribution in [0.2, 0.25) is 0 Å². The number of β-lactam (4-membered cyclic amide) rings is 1. The molecule has 20 heteroatoms. The molecule has 2 aliphatic heterocycles. The highest BCUT2D eigenvalue weighted by Crippen LogP contribution is 2.41. The van der Waals surface area contributed by atoms with Crippen molar-refractivity contribution in [1.29, 1.82) is 0 Å². The quantitative estimate of drug-likeness (QED) is 0.103. The van der Waals surface area contributed by atoms with E-state index in [-0.39, 0.29) is 41.2 Å². The summed E-state index contributed by atoms with van der Waals surface area (Å²) in [6.07, 6.45) is 0. The van der Waals surface area contributed by atoms with Crippen molar-refractivity contribution in [1.82, 2.24) is 30.4 Å². The van der Waals surface area contributed by atoms with Gasteiger partial charge in [0.1, 0.15) is 29.7 Å². The number of hydrogen-bond acceptors (Lipinski definition) is 13. The zero-order valence-electron chi connectivity index (χ0n) is 21.0. The van der Waals surface area contributed by atoms with E-state index >= 15 is 0 Å². The van der Waals surface area contributed by atoms with Gasteiger partial charge in [0.05, 0.1) is 12.3 Å².